The van der Waals surface area contributed by atoms with Crippen LogP contribution in [0.15, 0.2) is 42.7 Å². The second-order valence-electron chi connectivity index (χ2n) is 2.43. The molecule has 1 aromatic heterocycles. The molecule has 0 aliphatic heterocycles. The maximum absolute atomic E-state index is 10.8. The highest BCUT2D eigenvalue weighted by Gasteiger charge is 1.93. The van der Waals surface area contributed by atoms with Gasteiger partial charge in [0.05, 0.1) is 0 Å². The van der Waals surface area contributed by atoms with Gasteiger partial charge in [-0.25, -0.2) is 0 Å². The molecule has 0 amide bonds. The Hall–Kier alpha value is -1.61. The Kier molecular flexibility index (Phi) is 2.26. The number of rotatable bonds is 0. The molecule has 0 saturated heterocycles. The lowest BCUT2D eigenvalue weighted by Crippen LogP contribution is -2.23. The van der Waals surface area contributed by atoms with Gasteiger partial charge in [-0.15, -0.1) is 0 Å². The molecule has 0 bridgehead atoms. The average molecular weight is 163 g/mol. The summed E-state index contributed by atoms with van der Waals surface area (Å²) in [6.07, 6.45) is 3.07. The van der Waals surface area contributed by atoms with Crippen molar-refractivity contribution >= 4 is 10.8 Å². The van der Waals surface area contributed by atoms with Gasteiger partial charge in [-0.05, 0) is 11.5 Å². The van der Waals surface area contributed by atoms with Crippen molar-refractivity contribution in [3.8, 4) is 0 Å². The molecular weight excluding hydrogens is 154 g/mol. The van der Waals surface area contributed by atoms with Gasteiger partial charge in [0.2, 0.25) is 0 Å². The van der Waals surface area contributed by atoms with E-state index < -0.39 is 0 Å². The number of fused-ring (bicyclic) bond motifs is 1. The van der Waals surface area contributed by atoms with Crippen LogP contribution in [0.1, 0.15) is 0 Å². The molecule has 1 heterocycles. The minimum atomic E-state index is 0. The Morgan fingerprint density at radius 1 is 1.00 bits per heavy atom. The predicted octanol–water partition coefficient (Wildman–Crippen LogP) is 0.648. The lowest BCUT2D eigenvalue weighted by molar-refractivity contribution is -0.603. The van der Waals surface area contributed by atoms with Gasteiger partial charge >= 0.3 is 0 Å². The fourth-order valence-electron chi connectivity index (χ4n) is 1.11. The van der Waals surface area contributed by atoms with E-state index in [4.69, 9.17) is 0 Å². The lowest BCUT2D eigenvalue weighted by atomic mass is 10.2. The highest BCUT2D eigenvalue weighted by molar-refractivity contribution is 5.80. The van der Waals surface area contributed by atoms with E-state index in [0.717, 1.165) is 15.5 Å². The predicted molar refractivity (Wildman–Crippen MR) is 46.5 cm³/mol. The Bertz CT molecular complexity index is 387. The number of benzene rings is 1. The number of pyridine rings is 1. The zero-order valence-corrected chi connectivity index (χ0v) is 6.40. The summed E-state index contributed by atoms with van der Waals surface area (Å²) < 4.78 is 0.808. The van der Waals surface area contributed by atoms with Crippen LogP contribution in [-0.4, -0.2) is 5.48 Å². The first-order chi connectivity index (χ1) is 5.36. The molecule has 0 spiro atoms. The molecule has 0 atom stereocenters. The van der Waals surface area contributed by atoms with Crippen LogP contribution >= 0.6 is 0 Å². The van der Waals surface area contributed by atoms with Crippen molar-refractivity contribution in [3.05, 3.63) is 47.9 Å². The molecule has 2 aromatic rings. The summed E-state index contributed by atoms with van der Waals surface area (Å²) in [6.45, 7) is 0. The summed E-state index contributed by atoms with van der Waals surface area (Å²) in [5.41, 5.74) is 0. The molecule has 0 aliphatic rings. The molecule has 3 heteroatoms. The molecule has 2 rings (SSSR count). The summed E-state index contributed by atoms with van der Waals surface area (Å²) in [4.78, 5) is 0. The van der Waals surface area contributed by atoms with Gasteiger partial charge in [0, 0.05) is 11.5 Å². The van der Waals surface area contributed by atoms with E-state index in [1.54, 1.807) is 6.20 Å². The third kappa shape index (κ3) is 1.35. The first-order valence-corrected chi connectivity index (χ1v) is 3.44. The topological polar surface area (TPSA) is 58.4 Å². The van der Waals surface area contributed by atoms with E-state index in [9.17, 15) is 5.21 Å². The summed E-state index contributed by atoms with van der Waals surface area (Å²) in [5.74, 6) is 0. The first-order valence-electron chi connectivity index (χ1n) is 3.44. The monoisotopic (exact) mass is 163 g/mol. The Labute approximate surface area is 69.8 Å². The Morgan fingerprint density at radius 3 is 2.42 bits per heavy atom. The van der Waals surface area contributed by atoms with Crippen LogP contribution in [-0.2, 0) is 0 Å². The van der Waals surface area contributed by atoms with Gasteiger partial charge in [-0.3, -0.25) is 0 Å². The van der Waals surface area contributed by atoms with E-state index in [0.29, 0.717) is 0 Å². The standard InChI is InChI=1S/C9H7NO.H2O/c11-10-6-5-8-3-1-2-4-9(8)7-10;/h1-7H;1H2. The lowest BCUT2D eigenvalue weighted by Gasteiger charge is -1.96. The first kappa shape index (κ1) is 8.49. The van der Waals surface area contributed by atoms with Crippen LogP contribution in [0.25, 0.3) is 10.8 Å². The van der Waals surface area contributed by atoms with E-state index in [-0.39, 0.29) is 5.48 Å². The second-order valence-corrected chi connectivity index (χ2v) is 2.43. The maximum atomic E-state index is 10.8. The summed E-state index contributed by atoms with van der Waals surface area (Å²) >= 11 is 0. The van der Waals surface area contributed by atoms with Crippen molar-refractivity contribution in [3.63, 3.8) is 0 Å². The quantitative estimate of drug-likeness (QED) is 0.415. The van der Waals surface area contributed by atoms with Crippen molar-refractivity contribution in [2.75, 3.05) is 0 Å². The van der Waals surface area contributed by atoms with Crippen molar-refractivity contribution in [2.24, 2.45) is 0 Å². The number of nitrogens with zero attached hydrogens (tertiary/aromatic N) is 1. The van der Waals surface area contributed by atoms with Gasteiger partial charge in [0.15, 0.2) is 12.4 Å². The van der Waals surface area contributed by atoms with Gasteiger partial charge in [0.1, 0.15) is 0 Å². The average Bonchev–Trinajstić information content (AvgIpc) is 2.04. The summed E-state index contributed by atoms with van der Waals surface area (Å²) in [5, 5.41) is 12.9. The van der Waals surface area contributed by atoms with E-state index in [1.165, 1.54) is 6.20 Å². The van der Waals surface area contributed by atoms with Crippen molar-refractivity contribution < 1.29 is 10.2 Å². The van der Waals surface area contributed by atoms with Gasteiger partial charge in [0.25, 0.3) is 0 Å². The largest absolute Gasteiger partial charge is 0.619 e. The van der Waals surface area contributed by atoms with Crippen LogP contribution in [0.4, 0.5) is 0 Å². The minimum Gasteiger partial charge on any atom is -0.619 e. The third-order valence-corrected chi connectivity index (χ3v) is 1.66. The molecule has 3 nitrogen and oxygen atoms in total. The van der Waals surface area contributed by atoms with Crippen molar-refractivity contribution in [1.29, 1.82) is 0 Å². The number of hydrogen-bond donors (Lipinski definition) is 0. The normalized spacial score (nSPS) is 9.33. The highest BCUT2D eigenvalue weighted by atomic mass is 16.5. The fraction of sp³-hybridized carbons (Fsp3) is 0. The maximum Gasteiger partial charge on any atom is 0.188 e. The van der Waals surface area contributed by atoms with E-state index in [1.807, 2.05) is 30.3 Å². The molecule has 0 fully saturated rings. The number of hydrogen-bond acceptors (Lipinski definition) is 1. The molecule has 12 heavy (non-hydrogen) atoms. The van der Waals surface area contributed by atoms with Crippen molar-refractivity contribution in [2.45, 2.75) is 0 Å². The third-order valence-electron chi connectivity index (χ3n) is 1.66. The van der Waals surface area contributed by atoms with Gasteiger partial charge in [-0.1, -0.05) is 18.2 Å². The molecule has 0 aliphatic carbocycles. The number of aromatic nitrogens is 1. The zero-order valence-electron chi connectivity index (χ0n) is 6.40. The highest BCUT2D eigenvalue weighted by Crippen LogP contribution is 2.08. The summed E-state index contributed by atoms with van der Waals surface area (Å²) in [7, 11) is 0. The Balaban J connectivity index is 0.000000720. The molecule has 2 N–H and O–H groups in total. The van der Waals surface area contributed by atoms with Crippen LogP contribution in [0.2, 0.25) is 0 Å². The van der Waals surface area contributed by atoms with Crippen LogP contribution in [0, 0.1) is 5.21 Å². The van der Waals surface area contributed by atoms with Crippen LogP contribution in [0.5, 0.6) is 0 Å². The SMILES string of the molecule is O.[O-][n+]1ccc2ccccc2c1. The molecule has 0 unspecified atom stereocenters. The molecule has 0 saturated carbocycles. The Morgan fingerprint density at radius 2 is 1.67 bits per heavy atom. The van der Waals surface area contributed by atoms with E-state index in [2.05, 4.69) is 0 Å². The molecule has 1 aromatic carbocycles. The summed E-state index contributed by atoms with van der Waals surface area (Å²) in [6, 6.07) is 9.58. The van der Waals surface area contributed by atoms with Crippen LogP contribution < -0.4 is 4.73 Å². The van der Waals surface area contributed by atoms with Gasteiger partial charge in [-0.2, -0.15) is 4.73 Å². The smallest absolute Gasteiger partial charge is 0.188 e. The zero-order chi connectivity index (χ0) is 7.68. The molecule has 62 valence electrons. The van der Waals surface area contributed by atoms with E-state index >= 15 is 0 Å². The fourth-order valence-corrected chi connectivity index (χ4v) is 1.11. The van der Waals surface area contributed by atoms with Crippen LogP contribution in [0.3, 0.4) is 0 Å². The minimum absolute atomic E-state index is 0. The second kappa shape index (κ2) is 3.19. The van der Waals surface area contributed by atoms with Gasteiger partial charge < -0.3 is 10.7 Å². The van der Waals surface area contributed by atoms with Crippen molar-refractivity contribution in [1.82, 2.24) is 0 Å². The molecule has 0 radical (unpaired) electrons. The molecular formula is C9H9NO2.